The van der Waals surface area contributed by atoms with Crippen molar-refractivity contribution in [1.82, 2.24) is 4.98 Å². The molecule has 0 amide bonds. The molecule has 0 saturated heterocycles. The normalized spacial score (nSPS) is 9.75. The van der Waals surface area contributed by atoms with Gasteiger partial charge in [0.2, 0.25) is 0 Å². The Morgan fingerprint density at radius 2 is 2.50 bits per heavy atom. The molecule has 4 heteroatoms. The van der Waals surface area contributed by atoms with E-state index in [1.165, 1.54) is 0 Å². The Morgan fingerprint density at radius 1 is 1.75 bits per heavy atom. The molecule has 0 aliphatic carbocycles. The van der Waals surface area contributed by atoms with E-state index in [1.807, 2.05) is 0 Å². The molecule has 0 spiro atoms. The predicted molar refractivity (Wildman–Crippen MR) is 36.8 cm³/mol. The minimum Gasteiger partial charge on any atom is -0.435 e. The van der Waals surface area contributed by atoms with Crippen molar-refractivity contribution in [2.24, 2.45) is 0 Å². The molecule has 1 aromatic rings. The summed E-state index contributed by atoms with van der Waals surface area (Å²) in [5.74, 6) is 0.830. The second-order valence-electron chi connectivity index (χ2n) is 1.21. The molecular weight excluding hydrogens is 238 g/mol. The molecule has 0 unspecified atom stereocenters. The van der Waals surface area contributed by atoms with E-state index >= 15 is 0 Å². The lowest BCUT2D eigenvalue weighted by Crippen LogP contribution is -1.62. The second-order valence-corrected chi connectivity index (χ2v) is 2.45. The summed E-state index contributed by atoms with van der Waals surface area (Å²) < 4.78 is 4.99. The van der Waals surface area contributed by atoms with Gasteiger partial charge in [-0.15, -0.1) is 0 Å². The van der Waals surface area contributed by atoms with Crippen LogP contribution in [0, 0.1) is 0 Å². The van der Waals surface area contributed by atoms with E-state index in [1.54, 1.807) is 6.20 Å². The Balaban J connectivity index is 2.84. The number of hydrogen-bond acceptors (Lipinski definition) is 2. The van der Waals surface area contributed by atoms with Gasteiger partial charge in [-0.05, 0) is 0 Å². The van der Waals surface area contributed by atoms with Crippen LogP contribution >= 0.6 is 31.9 Å². The van der Waals surface area contributed by atoms with Gasteiger partial charge in [0, 0.05) is 15.9 Å². The first-order valence-electron chi connectivity index (χ1n) is 1.99. The highest BCUT2D eigenvalue weighted by molar-refractivity contribution is 9.10. The third kappa shape index (κ3) is 1.32. The lowest BCUT2D eigenvalue weighted by molar-refractivity contribution is 0.498. The molecule has 1 rings (SSSR count). The van der Waals surface area contributed by atoms with Gasteiger partial charge >= 0.3 is 0 Å². The van der Waals surface area contributed by atoms with Gasteiger partial charge in [0.1, 0.15) is 5.76 Å². The first-order chi connectivity index (χ1) is 3.83. The molecule has 0 aromatic carbocycles. The van der Waals surface area contributed by atoms with E-state index in [-0.39, 0.29) is 0 Å². The highest BCUT2D eigenvalue weighted by Crippen LogP contribution is 2.11. The fraction of sp³-hybridized carbons (Fsp3) is 0.250. The van der Waals surface area contributed by atoms with Gasteiger partial charge in [-0.25, -0.2) is 4.98 Å². The van der Waals surface area contributed by atoms with Crippen molar-refractivity contribution in [2.45, 2.75) is 5.33 Å². The number of aromatic nitrogens is 1. The van der Waals surface area contributed by atoms with Gasteiger partial charge in [0.15, 0.2) is 0 Å². The zero-order valence-electron chi connectivity index (χ0n) is 3.90. The largest absolute Gasteiger partial charge is 0.435 e. The van der Waals surface area contributed by atoms with Crippen LogP contribution in [0.1, 0.15) is 5.76 Å². The zero-order chi connectivity index (χ0) is 5.98. The van der Waals surface area contributed by atoms with E-state index in [0.29, 0.717) is 10.1 Å². The van der Waals surface area contributed by atoms with Crippen LogP contribution in [0.4, 0.5) is 0 Å². The van der Waals surface area contributed by atoms with Crippen molar-refractivity contribution in [1.29, 1.82) is 0 Å². The Bertz CT molecular complexity index is 174. The Kier molecular flexibility index (Phi) is 2.08. The van der Waals surface area contributed by atoms with E-state index in [4.69, 9.17) is 4.42 Å². The Hall–Kier alpha value is 0.170. The predicted octanol–water partition coefficient (Wildman–Crippen LogP) is 2.33. The Labute approximate surface area is 63.5 Å². The summed E-state index contributed by atoms with van der Waals surface area (Å²) in [4.78, 5) is 4.34. The van der Waals surface area contributed by atoms with E-state index in [2.05, 4.69) is 36.8 Å². The maximum Gasteiger partial charge on any atom is 0.264 e. The summed E-state index contributed by atoms with van der Waals surface area (Å²) in [6.07, 6.45) is 1.67. The van der Waals surface area contributed by atoms with Crippen LogP contribution in [0.3, 0.4) is 0 Å². The summed E-state index contributed by atoms with van der Waals surface area (Å²) in [6, 6.07) is 0. The molecule has 8 heavy (non-hydrogen) atoms. The van der Waals surface area contributed by atoms with Gasteiger partial charge in [-0.1, -0.05) is 15.9 Å². The fourth-order valence-corrected chi connectivity index (χ4v) is 0.915. The number of alkyl halides is 1. The SMILES string of the molecule is BrCc1cnc(Br)o1. The standard InChI is InChI=1S/C4H3Br2NO/c5-1-3-2-7-4(6)8-3/h2H,1H2. The second kappa shape index (κ2) is 2.64. The number of oxazole rings is 1. The maximum absolute atomic E-state index is 4.99. The molecule has 0 aliphatic rings. The van der Waals surface area contributed by atoms with E-state index < -0.39 is 0 Å². The van der Waals surface area contributed by atoms with Crippen molar-refractivity contribution in [3.05, 3.63) is 16.8 Å². The average Bonchev–Trinajstić information content (AvgIpc) is 2.14. The molecule has 0 radical (unpaired) electrons. The van der Waals surface area contributed by atoms with Gasteiger partial charge in [0.05, 0.1) is 11.5 Å². The van der Waals surface area contributed by atoms with Gasteiger partial charge in [-0.3, -0.25) is 0 Å². The van der Waals surface area contributed by atoms with Crippen LogP contribution in [-0.4, -0.2) is 4.98 Å². The lowest BCUT2D eigenvalue weighted by Gasteiger charge is -1.78. The molecule has 1 heterocycles. The van der Waals surface area contributed by atoms with Crippen LogP contribution in [0.5, 0.6) is 0 Å². The van der Waals surface area contributed by atoms with E-state index in [9.17, 15) is 0 Å². The molecule has 0 fully saturated rings. The molecule has 0 bridgehead atoms. The molecule has 1 aromatic heterocycles. The summed E-state index contributed by atoms with van der Waals surface area (Å²) in [5, 5.41) is 0.714. The monoisotopic (exact) mass is 239 g/mol. The quantitative estimate of drug-likeness (QED) is 0.705. The molecule has 0 aliphatic heterocycles. The number of halogens is 2. The molecule has 2 nitrogen and oxygen atoms in total. The fourth-order valence-electron chi connectivity index (χ4n) is 0.345. The van der Waals surface area contributed by atoms with Crippen LogP contribution in [0.2, 0.25) is 0 Å². The van der Waals surface area contributed by atoms with Crippen molar-refractivity contribution in [3.63, 3.8) is 0 Å². The molecule has 0 N–H and O–H groups in total. The highest BCUT2D eigenvalue weighted by atomic mass is 79.9. The minimum absolute atomic E-state index is 0.534. The smallest absolute Gasteiger partial charge is 0.264 e. The van der Waals surface area contributed by atoms with Gasteiger partial charge in [-0.2, -0.15) is 0 Å². The van der Waals surface area contributed by atoms with E-state index in [0.717, 1.165) is 5.76 Å². The van der Waals surface area contributed by atoms with Crippen LogP contribution < -0.4 is 0 Å². The van der Waals surface area contributed by atoms with Crippen LogP contribution in [0.25, 0.3) is 0 Å². The highest BCUT2D eigenvalue weighted by Gasteiger charge is 1.95. The van der Waals surface area contributed by atoms with Crippen molar-refractivity contribution < 1.29 is 4.42 Å². The number of nitrogens with zero attached hydrogens (tertiary/aromatic N) is 1. The first-order valence-corrected chi connectivity index (χ1v) is 3.90. The third-order valence-electron chi connectivity index (χ3n) is 0.657. The molecule has 44 valence electrons. The van der Waals surface area contributed by atoms with Gasteiger partial charge < -0.3 is 4.42 Å². The summed E-state index contributed by atoms with van der Waals surface area (Å²) in [7, 11) is 0. The van der Waals surface area contributed by atoms with Crippen LogP contribution in [-0.2, 0) is 5.33 Å². The topological polar surface area (TPSA) is 26.0 Å². The van der Waals surface area contributed by atoms with Gasteiger partial charge in [0.25, 0.3) is 4.80 Å². The zero-order valence-corrected chi connectivity index (χ0v) is 7.07. The van der Waals surface area contributed by atoms with Crippen molar-refractivity contribution >= 4 is 31.9 Å². The Morgan fingerprint density at radius 3 is 2.75 bits per heavy atom. The number of hydrogen-bond donors (Lipinski definition) is 0. The lowest BCUT2D eigenvalue weighted by atomic mass is 10.6. The first kappa shape index (κ1) is 6.29. The molecule has 0 atom stereocenters. The van der Waals surface area contributed by atoms with Crippen molar-refractivity contribution in [3.8, 4) is 0 Å². The molecular formula is C4H3Br2NO. The third-order valence-corrected chi connectivity index (χ3v) is 1.58. The maximum atomic E-state index is 4.99. The summed E-state index contributed by atoms with van der Waals surface area (Å²) in [5.41, 5.74) is 0. The summed E-state index contributed by atoms with van der Waals surface area (Å²) in [6.45, 7) is 0. The molecule has 0 saturated carbocycles. The van der Waals surface area contributed by atoms with Crippen molar-refractivity contribution in [2.75, 3.05) is 0 Å². The van der Waals surface area contributed by atoms with Crippen LogP contribution in [0.15, 0.2) is 15.4 Å². The average molecular weight is 241 g/mol. The number of rotatable bonds is 1. The minimum atomic E-state index is 0.534. The summed E-state index contributed by atoms with van der Waals surface area (Å²) >= 11 is 6.29.